The molecule has 0 fully saturated rings. The summed E-state index contributed by atoms with van der Waals surface area (Å²) in [4.78, 5) is 49.0. The summed E-state index contributed by atoms with van der Waals surface area (Å²) >= 11 is 0. The monoisotopic (exact) mass is 417 g/mol. The van der Waals surface area contributed by atoms with Crippen LogP contribution in [0.4, 0.5) is 0 Å². The van der Waals surface area contributed by atoms with Crippen LogP contribution in [-0.4, -0.2) is 44.6 Å². The van der Waals surface area contributed by atoms with Crippen LogP contribution in [0, 0.1) is 11.8 Å². The van der Waals surface area contributed by atoms with E-state index in [2.05, 4.69) is 0 Å². The Bertz CT molecular complexity index is 996. The van der Waals surface area contributed by atoms with E-state index in [0.29, 0.717) is 16.5 Å². The zero-order valence-electron chi connectivity index (χ0n) is 16.5. The number of carboxylic acids is 1. The van der Waals surface area contributed by atoms with Crippen molar-refractivity contribution in [1.29, 1.82) is 0 Å². The number of carbonyl (C=O) groups is 3. The Morgan fingerprint density at radius 1 is 1.03 bits per heavy atom. The van der Waals surface area contributed by atoms with Gasteiger partial charge in [-0.3, -0.25) is 23.8 Å². The lowest BCUT2D eigenvalue weighted by Gasteiger charge is -2.32. The Kier molecular flexibility index (Phi) is 5.65. The van der Waals surface area contributed by atoms with Gasteiger partial charge in [-0.2, -0.15) is 0 Å². The van der Waals surface area contributed by atoms with E-state index in [-0.39, 0.29) is 12.3 Å². The number of hydrogen-bond acceptors (Lipinski definition) is 4. The first-order valence-corrected chi connectivity index (χ1v) is 11.4. The van der Waals surface area contributed by atoms with Crippen molar-refractivity contribution in [1.82, 2.24) is 4.90 Å². The SMILES string of the molecule is CC(C)CC(C(=O)O)C(C)P(=O)(O)CN1C(=O)c2cccc3cccc(c23)C1=O. The molecule has 0 spiro atoms. The molecule has 8 heteroatoms. The molecule has 3 atom stereocenters. The quantitative estimate of drug-likeness (QED) is 0.524. The number of rotatable bonds is 7. The fourth-order valence-corrected chi connectivity index (χ4v) is 5.56. The summed E-state index contributed by atoms with van der Waals surface area (Å²) in [5.41, 5.74) is -0.513. The van der Waals surface area contributed by atoms with Gasteiger partial charge in [-0.15, -0.1) is 0 Å². The molecule has 0 saturated carbocycles. The molecule has 0 saturated heterocycles. The third-order valence-electron chi connectivity index (χ3n) is 5.46. The van der Waals surface area contributed by atoms with Gasteiger partial charge in [0.05, 0.1) is 5.92 Å². The Hall–Kier alpha value is -2.50. The summed E-state index contributed by atoms with van der Waals surface area (Å²) in [5.74, 6) is -3.47. The van der Waals surface area contributed by atoms with Crippen molar-refractivity contribution in [2.45, 2.75) is 32.9 Å². The van der Waals surface area contributed by atoms with E-state index in [0.717, 1.165) is 10.3 Å². The standard InChI is InChI=1S/C21H24NO6P/c1-12(2)10-17(21(25)26)13(3)29(27,28)11-22-19(23)15-8-4-6-14-7-5-9-16(18(14)15)20(22)24/h4-9,12-13,17H,10-11H2,1-3H3,(H,25,26)(H,27,28). The van der Waals surface area contributed by atoms with Crippen LogP contribution in [0.2, 0.25) is 0 Å². The molecular formula is C21H24NO6P. The Balaban J connectivity index is 1.95. The van der Waals surface area contributed by atoms with Gasteiger partial charge in [-0.05, 0) is 29.9 Å². The lowest BCUT2D eigenvalue weighted by Crippen LogP contribution is -2.42. The van der Waals surface area contributed by atoms with Crippen LogP contribution in [0.3, 0.4) is 0 Å². The second kappa shape index (κ2) is 7.73. The summed E-state index contributed by atoms with van der Waals surface area (Å²) in [6.45, 7) is 5.07. The van der Waals surface area contributed by atoms with Gasteiger partial charge < -0.3 is 10.00 Å². The van der Waals surface area contributed by atoms with Gasteiger partial charge >= 0.3 is 5.97 Å². The maximum atomic E-state index is 13.1. The molecule has 0 aromatic heterocycles. The molecule has 7 nitrogen and oxygen atoms in total. The summed E-state index contributed by atoms with van der Waals surface area (Å²) in [6.07, 6.45) is -0.483. The first kappa shape index (κ1) is 21.2. The fraction of sp³-hybridized carbons (Fsp3) is 0.381. The first-order valence-electron chi connectivity index (χ1n) is 9.47. The molecule has 2 aromatic carbocycles. The van der Waals surface area contributed by atoms with Crippen molar-refractivity contribution in [2.75, 3.05) is 6.29 Å². The highest BCUT2D eigenvalue weighted by atomic mass is 31.2. The zero-order chi connectivity index (χ0) is 21.5. The average molecular weight is 417 g/mol. The molecule has 3 unspecified atom stereocenters. The van der Waals surface area contributed by atoms with E-state index >= 15 is 0 Å². The molecular weight excluding hydrogens is 393 g/mol. The van der Waals surface area contributed by atoms with Crippen molar-refractivity contribution in [3.05, 3.63) is 47.5 Å². The molecule has 0 radical (unpaired) electrons. The van der Waals surface area contributed by atoms with Crippen LogP contribution in [-0.2, 0) is 9.36 Å². The summed E-state index contributed by atoms with van der Waals surface area (Å²) in [5, 5.41) is 10.8. The first-order chi connectivity index (χ1) is 13.5. The van der Waals surface area contributed by atoms with Crippen LogP contribution in [0.15, 0.2) is 36.4 Å². The molecule has 2 aromatic rings. The van der Waals surface area contributed by atoms with Gasteiger partial charge in [-0.1, -0.05) is 45.0 Å². The lowest BCUT2D eigenvalue weighted by atomic mass is 9.94. The third-order valence-corrected chi connectivity index (χ3v) is 7.78. The summed E-state index contributed by atoms with van der Waals surface area (Å²) in [6, 6.07) is 10.1. The van der Waals surface area contributed by atoms with E-state index in [4.69, 9.17) is 0 Å². The molecule has 1 aliphatic heterocycles. The minimum atomic E-state index is -4.18. The number of imide groups is 1. The molecule has 29 heavy (non-hydrogen) atoms. The largest absolute Gasteiger partial charge is 0.481 e. The number of carboxylic acid groups (broad SMARTS) is 1. The van der Waals surface area contributed by atoms with Crippen molar-refractivity contribution in [3.8, 4) is 0 Å². The van der Waals surface area contributed by atoms with Crippen molar-refractivity contribution in [2.24, 2.45) is 11.8 Å². The van der Waals surface area contributed by atoms with Gasteiger partial charge in [0.2, 0.25) is 7.37 Å². The minimum absolute atomic E-state index is 0.0151. The molecule has 154 valence electrons. The number of nitrogens with zero attached hydrogens (tertiary/aromatic N) is 1. The lowest BCUT2D eigenvalue weighted by molar-refractivity contribution is -0.142. The molecule has 1 heterocycles. The van der Waals surface area contributed by atoms with Crippen LogP contribution in [0.1, 0.15) is 47.9 Å². The van der Waals surface area contributed by atoms with E-state index in [9.17, 15) is 28.9 Å². The van der Waals surface area contributed by atoms with Crippen molar-refractivity contribution >= 4 is 35.9 Å². The molecule has 3 rings (SSSR count). The number of aliphatic carboxylic acids is 1. The molecule has 0 bridgehead atoms. The van der Waals surface area contributed by atoms with Gasteiger partial charge in [0.15, 0.2) is 0 Å². The van der Waals surface area contributed by atoms with Crippen LogP contribution < -0.4 is 0 Å². The van der Waals surface area contributed by atoms with E-state index in [1.165, 1.54) is 6.92 Å². The van der Waals surface area contributed by atoms with Crippen molar-refractivity contribution < 1.29 is 28.9 Å². The topological polar surface area (TPSA) is 112 Å². The van der Waals surface area contributed by atoms with Gasteiger partial charge in [0.1, 0.15) is 6.29 Å². The number of amides is 2. The van der Waals surface area contributed by atoms with E-state index in [1.807, 2.05) is 13.8 Å². The Labute approximate surface area is 168 Å². The van der Waals surface area contributed by atoms with E-state index < -0.39 is 43.0 Å². The Morgan fingerprint density at radius 3 is 2.00 bits per heavy atom. The molecule has 1 aliphatic rings. The number of carbonyl (C=O) groups excluding carboxylic acids is 2. The summed E-state index contributed by atoms with van der Waals surface area (Å²) < 4.78 is 13.1. The fourth-order valence-electron chi connectivity index (χ4n) is 3.83. The second-order valence-electron chi connectivity index (χ2n) is 7.96. The van der Waals surface area contributed by atoms with Crippen LogP contribution in [0.5, 0.6) is 0 Å². The van der Waals surface area contributed by atoms with Gasteiger partial charge in [-0.25, -0.2) is 0 Å². The minimum Gasteiger partial charge on any atom is -0.481 e. The zero-order valence-corrected chi connectivity index (χ0v) is 17.4. The molecule has 2 amide bonds. The third kappa shape index (κ3) is 3.85. The predicted octanol–water partition coefficient (Wildman–Crippen LogP) is 3.80. The Morgan fingerprint density at radius 2 is 1.55 bits per heavy atom. The molecule has 0 aliphatic carbocycles. The highest BCUT2D eigenvalue weighted by Gasteiger charge is 2.43. The van der Waals surface area contributed by atoms with Crippen LogP contribution >= 0.6 is 7.37 Å². The van der Waals surface area contributed by atoms with Gasteiger partial charge in [0, 0.05) is 22.2 Å². The number of benzene rings is 2. The van der Waals surface area contributed by atoms with E-state index in [1.54, 1.807) is 36.4 Å². The second-order valence-corrected chi connectivity index (χ2v) is 10.6. The predicted molar refractivity (Wildman–Crippen MR) is 109 cm³/mol. The summed E-state index contributed by atoms with van der Waals surface area (Å²) in [7, 11) is -4.18. The normalized spacial score (nSPS) is 18.0. The highest BCUT2D eigenvalue weighted by molar-refractivity contribution is 7.58. The maximum absolute atomic E-state index is 13.1. The average Bonchev–Trinajstić information content (AvgIpc) is 2.66. The smallest absolute Gasteiger partial charge is 0.307 e. The highest BCUT2D eigenvalue weighted by Crippen LogP contribution is 2.51. The maximum Gasteiger partial charge on any atom is 0.307 e. The van der Waals surface area contributed by atoms with Gasteiger partial charge in [0.25, 0.3) is 11.8 Å². The molecule has 2 N–H and O–H groups in total. The van der Waals surface area contributed by atoms with Crippen LogP contribution in [0.25, 0.3) is 10.8 Å². The van der Waals surface area contributed by atoms with Crippen molar-refractivity contribution in [3.63, 3.8) is 0 Å². The number of hydrogen-bond donors (Lipinski definition) is 2.